The van der Waals surface area contributed by atoms with Crippen LogP contribution in [0.3, 0.4) is 0 Å². The van der Waals surface area contributed by atoms with Gasteiger partial charge >= 0.3 is 39.5 Å². The second-order valence-electron chi connectivity index (χ2n) is 32.1. The first-order valence-electron chi connectivity index (χ1n) is 44.4. The molecule has 105 heavy (non-hydrogen) atoms. The monoisotopic (exact) mass is 1540 g/mol. The van der Waals surface area contributed by atoms with Crippen LogP contribution >= 0.6 is 15.6 Å². The van der Waals surface area contributed by atoms with Crippen LogP contribution in [0.1, 0.15) is 453 Å². The Labute approximate surface area is 645 Å². The zero-order valence-electron chi connectivity index (χ0n) is 69.2. The summed E-state index contributed by atoms with van der Waals surface area (Å²) >= 11 is 0. The number of hydrogen-bond donors (Lipinski definition) is 3. The van der Waals surface area contributed by atoms with Gasteiger partial charge in [0, 0.05) is 25.7 Å². The number of esters is 4. The van der Waals surface area contributed by atoms with Crippen LogP contribution in [0.4, 0.5) is 0 Å². The van der Waals surface area contributed by atoms with Crippen molar-refractivity contribution in [2.24, 2.45) is 17.8 Å². The molecular formula is C86H168O17P2. The maximum atomic E-state index is 13.1. The summed E-state index contributed by atoms with van der Waals surface area (Å²) in [5.74, 6) is 0.257. The normalized spacial score (nSPS) is 14.1. The number of phosphoric ester groups is 2. The van der Waals surface area contributed by atoms with E-state index >= 15 is 0 Å². The van der Waals surface area contributed by atoms with Gasteiger partial charge in [0.1, 0.15) is 19.3 Å². The van der Waals surface area contributed by atoms with Gasteiger partial charge in [-0.3, -0.25) is 37.3 Å². The van der Waals surface area contributed by atoms with Gasteiger partial charge in [0.25, 0.3) is 0 Å². The van der Waals surface area contributed by atoms with E-state index in [9.17, 15) is 43.2 Å². The van der Waals surface area contributed by atoms with Crippen LogP contribution in [0.25, 0.3) is 0 Å². The lowest BCUT2D eigenvalue weighted by Crippen LogP contribution is -2.30. The van der Waals surface area contributed by atoms with Gasteiger partial charge < -0.3 is 33.8 Å². The Morgan fingerprint density at radius 3 is 0.724 bits per heavy atom. The van der Waals surface area contributed by atoms with Gasteiger partial charge in [-0.2, -0.15) is 0 Å². The first-order chi connectivity index (χ1) is 50.8. The second kappa shape index (κ2) is 76.1. The summed E-state index contributed by atoms with van der Waals surface area (Å²) in [5.41, 5.74) is 0. The van der Waals surface area contributed by atoms with Crippen molar-refractivity contribution in [3.05, 3.63) is 0 Å². The molecule has 0 heterocycles. The highest BCUT2D eigenvalue weighted by molar-refractivity contribution is 7.47. The molecule has 0 aromatic rings. The smallest absolute Gasteiger partial charge is 0.462 e. The van der Waals surface area contributed by atoms with Crippen LogP contribution in [0.5, 0.6) is 0 Å². The van der Waals surface area contributed by atoms with Gasteiger partial charge in [-0.15, -0.1) is 0 Å². The van der Waals surface area contributed by atoms with Crippen LogP contribution < -0.4 is 0 Å². The van der Waals surface area contributed by atoms with Crippen molar-refractivity contribution in [3.63, 3.8) is 0 Å². The lowest BCUT2D eigenvalue weighted by atomic mass is 9.99. The zero-order chi connectivity index (χ0) is 77.2. The molecule has 3 unspecified atom stereocenters. The van der Waals surface area contributed by atoms with Crippen molar-refractivity contribution < 1.29 is 80.2 Å². The molecule has 0 aromatic carbocycles. The first kappa shape index (κ1) is 103. The molecule has 0 saturated heterocycles. The average Bonchev–Trinajstić information content (AvgIpc) is 0.935. The van der Waals surface area contributed by atoms with Crippen LogP contribution in [0, 0.1) is 17.8 Å². The van der Waals surface area contributed by atoms with E-state index in [1.807, 2.05) is 0 Å². The molecule has 0 radical (unpaired) electrons. The summed E-state index contributed by atoms with van der Waals surface area (Å²) in [5, 5.41) is 10.7. The summed E-state index contributed by atoms with van der Waals surface area (Å²) in [6.07, 6.45) is 66.7. The highest BCUT2D eigenvalue weighted by Gasteiger charge is 2.30. The van der Waals surface area contributed by atoms with Crippen molar-refractivity contribution in [3.8, 4) is 0 Å². The van der Waals surface area contributed by atoms with Gasteiger partial charge in [0.15, 0.2) is 12.2 Å². The number of rotatable bonds is 84. The number of phosphoric acid groups is 2. The number of carbonyl (C=O) groups excluding carboxylic acids is 4. The van der Waals surface area contributed by atoms with Crippen LogP contribution in [-0.2, 0) is 65.4 Å². The van der Waals surface area contributed by atoms with E-state index in [0.29, 0.717) is 25.7 Å². The Balaban J connectivity index is 5.23. The fourth-order valence-electron chi connectivity index (χ4n) is 13.3. The Morgan fingerprint density at radius 2 is 0.486 bits per heavy atom. The molecule has 3 N–H and O–H groups in total. The molecule has 0 fully saturated rings. The summed E-state index contributed by atoms with van der Waals surface area (Å²) in [6.45, 7) is 12.0. The molecule has 0 aliphatic heterocycles. The summed E-state index contributed by atoms with van der Waals surface area (Å²) in [4.78, 5) is 73.2. The van der Waals surface area contributed by atoms with Crippen LogP contribution in [-0.4, -0.2) is 96.7 Å². The van der Waals surface area contributed by atoms with E-state index in [1.165, 1.54) is 263 Å². The third kappa shape index (κ3) is 78.5. The number of aliphatic hydroxyl groups excluding tert-OH is 1. The molecule has 0 spiro atoms. The van der Waals surface area contributed by atoms with Crippen molar-refractivity contribution in [2.45, 2.75) is 471 Å². The van der Waals surface area contributed by atoms with Crippen LogP contribution in [0.2, 0.25) is 0 Å². The number of unbranched alkanes of at least 4 members (excludes halogenated alkanes) is 51. The zero-order valence-corrected chi connectivity index (χ0v) is 71.0. The van der Waals surface area contributed by atoms with E-state index in [-0.39, 0.29) is 25.7 Å². The molecule has 0 amide bonds. The summed E-state index contributed by atoms with van der Waals surface area (Å²) in [7, 11) is -9.93. The Hall–Kier alpha value is -1.94. The third-order valence-corrected chi connectivity index (χ3v) is 22.4. The Morgan fingerprint density at radius 1 is 0.276 bits per heavy atom. The fraction of sp³-hybridized carbons (Fsp3) is 0.953. The molecule has 0 aromatic heterocycles. The topological polar surface area (TPSA) is 237 Å². The predicted octanol–water partition coefficient (Wildman–Crippen LogP) is 26.1. The number of hydrogen-bond acceptors (Lipinski definition) is 15. The van der Waals surface area contributed by atoms with Crippen LogP contribution in [0.15, 0.2) is 0 Å². The molecule has 0 aliphatic carbocycles. The van der Waals surface area contributed by atoms with Gasteiger partial charge in [-0.25, -0.2) is 9.13 Å². The minimum atomic E-state index is -4.97. The molecule has 19 heteroatoms. The maximum Gasteiger partial charge on any atom is 0.472 e. The van der Waals surface area contributed by atoms with E-state index in [4.69, 9.17) is 37.0 Å². The SMILES string of the molecule is CCCCCCCCCCCCCCCCCCCCC(=O)OC[C@H](COP(=O)(O)OC[C@@H](O)COP(=O)(O)OC[C@@H](COC(=O)CCCCCCCCCCC(C)C)OC(=O)CCCCCCCCCCCCCC(C)C)OC(=O)CCCCCCCCCCCCCCCCCCCCC(C)CC. The van der Waals surface area contributed by atoms with Gasteiger partial charge in [-0.1, -0.05) is 402 Å². The summed E-state index contributed by atoms with van der Waals surface area (Å²) in [6, 6.07) is 0. The predicted molar refractivity (Wildman–Crippen MR) is 432 cm³/mol. The number of ether oxygens (including phenoxy) is 4. The van der Waals surface area contributed by atoms with Crippen molar-refractivity contribution >= 4 is 39.5 Å². The summed E-state index contributed by atoms with van der Waals surface area (Å²) < 4.78 is 68.9. The van der Waals surface area contributed by atoms with Crippen molar-refractivity contribution in [1.29, 1.82) is 0 Å². The minimum absolute atomic E-state index is 0.106. The number of aliphatic hydroxyl groups is 1. The molecule has 624 valence electrons. The maximum absolute atomic E-state index is 13.1. The second-order valence-corrected chi connectivity index (χ2v) is 35.0. The number of carbonyl (C=O) groups is 4. The molecule has 0 bridgehead atoms. The standard InChI is InChI=1S/C86H168O17P2/c1-8-10-11-12-13-14-15-16-17-18-22-25-28-33-38-46-53-60-67-83(88)96-73-81(102-85(90)69-62-55-48-39-34-29-26-23-20-19-21-24-27-32-37-45-52-59-66-79(7)9-2)75-100-104(92,93)98-71-80(87)72-99-105(94,95)101-76-82(74-97-84(89)68-61-54-47-42-41-44-51-58-65-78(5)6)103-86(91)70-63-56-49-40-35-30-31-36-43-50-57-64-77(3)4/h77-82,87H,8-76H2,1-7H3,(H,92,93)(H,94,95)/t79?,80-,81-,82-/m1/s1. The third-order valence-electron chi connectivity index (χ3n) is 20.5. The lowest BCUT2D eigenvalue weighted by molar-refractivity contribution is -0.161. The van der Waals surface area contributed by atoms with Gasteiger partial charge in [0.05, 0.1) is 26.4 Å². The van der Waals surface area contributed by atoms with Crippen molar-refractivity contribution in [1.82, 2.24) is 0 Å². The molecule has 6 atom stereocenters. The van der Waals surface area contributed by atoms with Crippen molar-refractivity contribution in [2.75, 3.05) is 39.6 Å². The minimum Gasteiger partial charge on any atom is -0.462 e. The fourth-order valence-corrected chi connectivity index (χ4v) is 14.9. The Kier molecular flexibility index (Phi) is 74.7. The highest BCUT2D eigenvalue weighted by Crippen LogP contribution is 2.45. The Bertz CT molecular complexity index is 2030. The van der Waals surface area contributed by atoms with E-state index < -0.39 is 97.5 Å². The largest absolute Gasteiger partial charge is 0.472 e. The quantitative estimate of drug-likeness (QED) is 0.0222. The van der Waals surface area contributed by atoms with E-state index in [1.54, 1.807) is 0 Å². The highest BCUT2D eigenvalue weighted by atomic mass is 31.2. The first-order valence-corrected chi connectivity index (χ1v) is 47.4. The van der Waals surface area contributed by atoms with Gasteiger partial charge in [-0.05, 0) is 43.4 Å². The molecule has 0 rings (SSSR count). The molecule has 0 aliphatic rings. The molecule has 17 nitrogen and oxygen atoms in total. The van der Waals surface area contributed by atoms with Gasteiger partial charge in [0.2, 0.25) is 0 Å². The van der Waals surface area contributed by atoms with E-state index in [0.717, 1.165) is 108 Å². The molecular weight excluding hydrogens is 1370 g/mol. The molecule has 0 saturated carbocycles. The van der Waals surface area contributed by atoms with E-state index in [2.05, 4.69) is 48.5 Å². The average molecular weight is 1540 g/mol. The lowest BCUT2D eigenvalue weighted by Gasteiger charge is -2.21.